The molecule has 0 aliphatic carbocycles. The number of likely N-dealkylation sites (N-methyl/N-ethyl adjacent to an activating group) is 1. The number of halogens is 1. The fourth-order valence-electron chi connectivity index (χ4n) is 4.86. The summed E-state index contributed by atoms with van der Waals surface area (Å²) < 4.78 is 14.7. The highest BCUT2D eigenvalue weighted by molar-refractivity contribution is 6.00. The molecule has 5 heterocycles. The topological polar surface area (TPSA) is 128 Å². The van der Waals surface area contributed by atoms with Crippen LogP contribution in [0.1, 0.15) is 13.8 Å². The quantitative estimate of drug-likeness (QED) is 0.168. The van der Waals surface area contributed by atoms with E-state index in [0.717, 1.165) is 45.3 Å². The Balaban J connectivity index is 1.36. The van der Waals surface area contributed by atoms with E-state index in [4.69, 9.17) is 4.98 Å². The number of benzene rings is 1. The number of rotatable bonds is 9. The normalized spacial score (nSPS) is 11.6. The predicted molar refractivity (Wildman–Crippen MR) is 168 cm³/mol. The Labute approximate surface area is 247 Å². The minimum absolute atomic E-state index is 0.0813. The summed E-state index contributed by atoms with van der Waals surface area (Å²) in [6.45, 7) is 5.20. The Hall–Kier alpha value is -5.16. The molecule has 0 aliphatic heterocycles. The van der Waals surface area contributed by atoms with Crippen molar-refractivity contribution in [3.63, 3.8) is 0 Å². The standard InChI is InChI=1S/C32H32FN9O/c1-18(2)32(43)37-23-11-20(14-34-15-23)26-5-6-27-30(39-26)31(41-40-27)28-13-24-25(16-35-17-29(24)38-28)19-9-21(33)12-22(10-19)36-7-8-42(3)4/h5-6,9-18,36,38H,7-8H2,1-4H3,(H,37,43)(H,40,41). The summed E-state index contributed by atoms with van der Waals surface area (Å²) in [6, 6.07) is 12.6. The van der Waals surface area contributed by atoms with Crippen LogP contribution in [0, 0.1) is 11.7 Å². The first-order chi connectivity index (χ1) is 20.7. The second-order valence-electron chi connectivity index (χ2n) is 11.1. The zero-order chi connectivity index (χ0) is 30.1. The SMILES string of the molecule is CC(C)C(=O)Nc1cncc(-c2ccc3[nH]nc(-c4cc5c(-c6cc(F)cc(NCCN(C)C)c6)cncc5[nH]4)c3n2)c1. The van der Waals surface area contributed by atoms with Gasteiger partial charge in [-0.3, -0.25) is 19.9 Å². The van der Waals surface area contributed by atoms with Gasteiger partial charge in [-0.25, -0.2) is 9.37 Å². The third kappa shape index (κ3) is 5.93. The molecule has 0 saturated heterocycles. The van der Waals surface area contributed by atoms with Crippen LogP contribution < -0.4 is 10.6 Å². The Morgan fingerprint density at radius 2 is 1.77 bits per heavy atom. The smallest absolute Gasteiger partial charge is 0.226 e. The highest BCUT2D eigenvalue weighted by Gasteiger charge is 2.17. The van der Waals surface area contributed by atoms with Gasteiger partial charge in [0.15, 0.2) is 0 Å². The number of carbonyl (C=O) groups excluding carboxylic acids is 1. The zero-order valence-electron chi connectivity index (χ0n) is 24.4. The molecule has 10 nitrogen and oxygen atoms in total. The van der Waals surface area contributed by atoms with Gasteiger partial charge in [-0.1, -0.05) is 13.8 Å². The van der Waals surface area contributed by atoms with Gasteiger partial charge in [0, 0.05) is 53.6 Å². The van der Waals surface area contributed by atoms with Crippen LogP contribution in [0.25, 0.3) is 55.7 Å². The van der Waals surface area contributed by atoms with Gasteiger partial charge in [0.05, 0.1) is 40.5 Å². The molecule has 1 aromatic carbocycles. The first-order valence-electron chi connectivity index (χ1n) is 14.0. The number of aromatic amines is 2. The van der Waals surface area contributed by atoms with Crippen LogP contribution in [0.5, 0.6) is 0 Å². The molecule has 6 aromatic rings. The maximum atomic E-state index is 14.7. The molecule has 0 saturated carbocycles. The number of carbonyl (C=O) groups is 1. The summed E-state index contributed by atoms with van der Waals surface area (Å²) in [5.41, 5.74) is 7.92. The molecule has 0 aliphatic rings. The van der Waals surface area contributed by atoms with E-state index in [2.05, 4.69) is 40.7 Å². The molecule has 43 heavy (non-hydrogen) atoms. The van der Waals surface area contributed by atoms with Gasteiger partial charge in [-0.2, -0.15) is 5.10 Å². The van der Waals surface area contributed by atoms with Crippen molar-refractivity contribution >= 4 is 39.2 Å². The van der Waals surface area contributed by atoms with Gasteiger partial charge in [-0.15, -0.1) is 0 Å². The van der Waals surface area contributed by atoms with Crippen molar-refractivity contribution in [3.8, 4) is 33.8 Å². The van der Waals surface area contributed by atoms with Gasteiger partial charge in [0.2, 0.25) is 5.91 Å². The first-order valence-corrected chi connectivity index (χ1v) is 14.0. The van der Waals surface area contributed by atoms with Crippen molar-refractivity contribution in [3.05, 3.63) is 73.1 Å². The average molecular weight is 578 g/mol. The molecule has 0 radical (unpaired) electrons. The minimum atomic E-state index is -0.324. The zero-order valence-corrected chi connectivity index (χ0v) is 24.4. The Morgan fingerprint density at radius 3 is 2.58 bits per heavy atom. The molecule has 0 spiro atoms. The summed E-state index contributed by atoms with van der Waals surface area (Å²) in [5, 5.41) is 14.7. The average Bonchev–Trinajstić information content (AvgIpc) is 3.60. The monoisotopic (exact) mass is 577 g/mol. The van der Waals surface area contributed by atoms with E-state index in [9.17, 15) is 9.18 Å². The number of amides is 1. The number of fused-ring (bicyclic) bond motifs is 2. The molecule has 5 aromatic heterocycles. The number of anilines is 2. The lowest BCUT2D eigenvalue weighted by atomic mass is 10.0. The van der Waals surface area contributed by atoms with Gasteiger partial charge in [0.1, 0.15) is 17.0 Å². The maximum absolute atomic E-state index is 14.7. The molecule has 1 amide bonds. The van der Waals surface area contributed by atoms with E-state index in [0.29, 0.717) is 34.8 Å². The van der Waals surface area contributed by atoms with Crippen LogP contribution in [-0.2, 0) is 4.79 Å². The second kappa shape index (κ2) is 11.6. The van der Waals surface area contributed by atoms with Crippen molar-refractivity contribution in [1.29, 1.82) is 0 Å². The minimum Gasteiger partial charge on any atom is -0.384 e. The fraction of sp³-hybridized carbons (Fsp3) is 0.219. The maximum Gasteiger partial charge on any atom is 0.226 e. The molecule has 4 N–H and O–H groups in total. The van der Waals surface area contributed by atoms with E-state index in [1.54, 1.807) is 24.8 Å². The predicted octanol–water partition coefficient (Wildman–Crippen LogP) is 5.94. The number of nitrogens with zero attached hydrogens (tertiary/aromatic N) is 5. The van der Waals surface area contributed by atoms with E-state index < -0.39 is 0 Å². The molecule has 11 heteroatoms. The van der Waals surface area contributed by atoms with Crippen LogP contribution >= 0.6 is 0 Å². The highest BCUT2D eigenvalue weighted by Crippen LogP contribution is 2.35. The van der Waals surface area contributed by atoms with Gasteiger partial charge in [0.25, 0.3) is 0 Å². The van der Waals surface area contributed by atoms with E-state index >= 15 is 0 Å². The van der Waals surface area contributed by atoms with Crippen LogP contribution in [0.4, 0.5) is 15.8 Å². The fourth-order valence-corrected chi connectivity index (χ4v) is 4.86. The number of aromatic nitrogens is 6. The van der Waals surface area contributed by atoms with Crippen LogP contribution in [0.3, 0.4) is 0 Å². The summed E-state index contributed by atoms with van der Waals surface area (Å²) in [6.07, 6.45) is 6.81. The number of hydrogen-bond acceptors (Lipinski definition) is 7. The Morgan fingerprint density at radius 1 is 0.953 bits per heavy atom. The Kier molecular flexibility index (Phi) is 7.56. The number of H-pyrrole nitrogens is 2. The third-order valence-corrected chi connectivity index (χ3v) is 7.13. The third-order valence-electron chi connectivity index (χ3n) is 7.13. The largest absolute Gasteiger partial charge is 0.384 e. The van der Waals surface area contributed by atoms with Crippen LogP contribution in [-0.4, -0.2) is 68.1 Å². The van der Waals surface area contributed by atoms with Crippen molar-refractivity contribution in [1.82, 2.24) is 35.0 Å². The molecule has 0 atom stereocenters. The second-order valence-corrected chi connectivity index (χ2v) is 11.1. The molecular weight excluding hydrogens is 545 g/mol. The van der Waals surface area contributed by atoms with E-state index in [1.165, 1.54) is 12.1 Å². The molecular formula is C32H32FN9O. The summed E-state index contributed by atoms with van der Waals surface area (Å²) in [7, 11) is 4.00. The lowest BCUT2D eigenvalue weighted by Crippen LogP contribution is -2.20. The highest BCUT2D eigenvalue weighted by atomic mass is 19.1. The number of pyridine rings is 3. The van der Waals surface area contributed by atoms with Gasteiger partial charge >= 0.3 is 0 Å². The van der Waals surface area contributed by atoms with Crippen molar-refractivity contribution in [2.75, 3.05) is 37.8 Å². The van der Waals surface area contributed by atoms with E-state index in [-0.39, 0.29) is 17.6 Å². The first kappa shape index (κ1) is 28.0. The summed E-state index contributed by atoms with van der Waals surface area (Å²) in [5.74, 6) is -0.552. The van der Waals surface area contributed by atoms with Crippen molar-refractivity contribution < 1.29 is 9.18 Å². The molecule has 6 rings (SSSR count). The number of nitrogens with one attached hydrogen (secondary N) is 4. The van der Waals surface area contributed by atoms with Crippen molar-refractivity contribution in [2.45, 2.75) is 13.8 Å². The van der Waals surface area contributed by atoms with E-state index in [1.807, 2.05) is 58.3 Å². The summed E-state index contributed by atoms with van der Waals surface area (Å²) in [4.78, 5) is 31.3. The van der Waals surface area contributed by atoms with Crippen LogP contribution in [0.2, 0.25) is 0 Å². The Bertz CT molecular complexity index is 1940. The molecule has 0 unspecified atom stereocenters. The molecule has 0 bridgehead atoms. The van der Waals surface area contributed by atoms with Gasteiger partial charge < -0.3 is 20.5 Å². The lowest BCUT2D eigenvalue weighted by molar-refractivity contribution is -0.118. The van der Waals surface area contributed by atoms with Crippen molar-refractivity contribution in [2.24, 2.45) is 5.92 Å². The summed E-state index contributed by atoms with van der Waals surface area (Å²) >= 11 is 0. The molecule has 0 fully saturated rings. The number of hydrogen-bond donors (Lipinski definition) is 4. The molecule has 218 valence electrons. The van der Waals surface area contributed by atoms with Crippen LogP contribution in [0.15, 0.2) is 67.3 Å². The lowest BCUT2D eigenvalue weighted by Gasteiger charge is -2.13. The van der Waals surface area contributed by atoms with Gasteiger partial charge in [-0.05, 0) is 62.1 Å².